The van der Waals surface area contributed by atoms with Gasteiger partial charge in [0.25, 0.3) is 0 Å². The van der Waals surface area contributed by atoms with E-state index in [1.165, 1.54) is 29.7 Å². The second-order valence-corrected chi connectivity index (χ2v) is 4.71. The third-order valence-corrected chi connectivity index (χ3v) is 3.07. The molecule has 0 aliphatic rings. The SMILES string of the molecule is CCCNCc1ccc(N(C)CCC)cc1C. The zero-order chi connectivity index (χ0) is 12.7. The van der Waals surface area contributed by atoms with Crippen molar-refractivity contribution in [3.8, 4) is 0 Å². The average molecular weight is 234 g/mol. The summed E-state index contributed by atoms with van der Waals surface area (Å²) in [7, 11) is 2.16. The Morgan fingerprint density at radius 1 is 1.18 bits per heavy atom. The number of aryl methyl sites for hydroxylation is 1. The van der Waals surface area contributed by atoms with Crippen molar-refractivity contribution in [3.63, 3.8) is 0 Å². The lowest BCUT2D eigenvalue weighted by molar-refractivity contribution is 0.673. The van der Waals surface area contributed by atoms with Crippen LogP contribution in [0.25, 0.3) is 0 Å². The number of anilines is 1. The van der Waals surface area contributed by atoms with Crippen LogP contribution in [0.1, 0.15) is 37.8 Å². The van der Waals surface area contributed by atoms with Crippen molar-refractivity contribution < 1.29 is 0 Å². The molecule has 0 unspecified atom stereocenters. The fourth-order valence-corrected chi connectivity index (χ4v) is 1.98. The first-order chi connectivity index (χ1) is 8.19. The Hall–Kier alpha value is -1.02. The monoisotopic (exact) mass is 234 g/mol. The first kappa shape index (κ1) is 14.0. The maximum atomic E-state index is 3.45. The molecule has 0 amide bonds. The Labute approximate surface area is 106 Å². The maximum Gasteiger partial charge on any atom is 0.0366 e. The summed E-state index contributed by atoms with van der Waals surface area (Å²) in [6.45, 7) is 9.81. The molecule has 0 aromatic heterocycles. The minimum Gasteiger partial charge on any atom is -0.375 e. The van der Waals surface area contributed by atoms with E-state index in [4.69, 9.17) is 0 Å². The van der Waals surface area contributed by atoms with Gasteiger partial charge in [-0.1, -0.05) is 19.9 Å². The van der Waals surface area contributed by atoms with Gasteiger partial charge in [0.1, 0.15) is 0 Å². The molecule has 0 spiro atoms. The van der Waals surface area contributed by atoms with Gasteiger partial charge < -0.3 is 10.2 Å². The smallest absolute Gasteiger partial charge is 0.0366 e. The highest BCUT2D eigenvalue weighted by Gasteiger charge is 2.03. The van der Waals surface area contributed by atoms with E-state index in [0.717, 1.165) is 19.6 Å². The van der Waals surface area contributed by atoms with Crippen LogP contribution in [0.4, 0.5) is 5.69 Å². The summed E-state index contributed by atoms with van der Waals surface area (Å²) in [6.07, 6.45) is 2.38. The Kier molecular flexibility index (Phi) is 6.06. The molecule has 1 N–H and O–H groups in total. The first-order valence-electron chi connectivity index (χ1n) is 6.70. The molecular formula is C15H26N2. The summed E-state index contributed by atoms with van der Waals surface area (Å²) in [5.74, 6) is 0. The molecule has 2 nitrogen and oxygen atoms in total. The Morgan fingerprint density at radius 2 is 1.94 bits per heavy atom. The van der Waals surface area contributed by atoms with Gasteiger partial charge in [-0.05, 0) is 49.6 Å². The predicted molar refractivity (Wildman–Crippen MR) is 76.7 cm³/mol. The number of nitrogens with zero attached hydrogens (tertiary/aromatic N) is 1. The Morgan fingerprint density at radius 3 is 2.53 bits per heavy atom. The molecule has 1 aromatic carbocycles. The summed E-state index contributed by atoms with van der Waals surface area (Å²) in [6, 6.07) is 6.77. The van der Waals surface area contributed by atoms with E-state index in [2.05, 4.69) is 56.2 Å². The zero-order valence-electron chi connectivity index (χ0n) is 11.7. The summed E-state index contributed by atoms with van der Waals surface area (Å²) in [4.78, 5) is 2.32. The second-order valence-electron chi connectivity index (χ2n) is 4.71. The highest BCUT2D eigenvalue weighted by molar-refractivity contribution is 5.50. The fraction of sp³-hybridized carbons (Fsp3) is 0.600. The lowest BCUT2D eigenvalue weighted by Crippen LogP contribution is -2.18. The van der Waals surface area contributed by atoms with E-state index in [0.29, 0.717) is 0 Å². The second kappa shape index (κ2) is 7.33. The minimum absolute atomic E-state index is 0.984. The van der Waals surface area contributed by atoms with Gasteiger partial charge in [0.2, 0.25) is 0 Å². The molecule has 1 rings (SSSR count). The fourth-order valence-electron chi connectivity index (χ4n) is 1.98. The van der Waals surface area contributed by atoms with Crippen molar-refractivity contribution in [2.75, 3.05) is 25.0 Å². The maximum absolute atomic E-state index is 3.45. The van der Waals surface area contributed by atoms with E-state index < -0.39 is 0 Å². The molecule has 96 valence electrons. The van der Waals surface area contributed by atoms with E-state index >= 15 is 0 Å². The van der Waals surface area contributed by atoms with Gasteiger partial charge in [0.05, 0.1) is 0 Å². The minimum atomic E-state index is 0.984. The van der Waals surface area contributed by atoms with Gasteiger partial charge in [-0.15, -0.1) is 0 Å². The summed E-state index contributed by atoms with van der Waals surface area (Å²) in [5.41, 5.74) is 4.12. The van der Waals surface area contributed by atoms with Gasteiger partial charge in [-0.2, -0.15) is 0 Å². The topological polar surface area (TPSA) is 15.3 Å². The Bertz CT molecular complexity index is 334. The third kappa shape index (κ3) is 4.39. The lowest BCUT2D eigenvalue weighted by Gasteiger charge is -2.20. The molecule has 0 saturated heterocycles. The van der Waals surface area contributed by atoms with Gasteiger partial charge in [0, 0.05) is 25.8 Å². The molecule has 17 heavy (non-hydrogen) atoms. The van der Waals surface area contributed by atoms with Crippen LogP contribution in [0.15, 0.2) is 18.2 Å². The molecule has 1 aromatic rings. The summed E-state index contributed by atoms with van der Waals surface area (Å²) in [5, 5.41) is 3.45. The number of nitrogens with one attached hydrogen (secondary N) is 1. The van der Waals surface area contributed by atoms with E-state index in [1.807, 2.05) is 0 Å². The van der Waals surface area contributed by atoms with Crippen LogP contribution in [-0.2, 0) is 6.54 Å². The van der Waals surface area contributed by atoms with E-state index in [1.54, 1.807) is 0 Å². The highest BCUT2D eigenvalue weighted by atomic mass is 15.1. The summed E-state index contributed by atoms with van der Waals surface area (Å²) < 4.78 is 0. The molecule has 2 heteroatoms. The number of hydrogen-bond acceptors (Lipinski definition) is 2. The Balaban J connectivity index is 2.65. The third-order valence-electron chi connectivity index (χ3n) is 3.07. The van der Waals surface area contributed by atoms with Crippen LogP contribution in [0.5, 0.6) is 0 Å². The van der Waals surface area contributed by atoms with Crippen molar-refractivity contribution in [3.05, 3.63) is 29.3 Å². The standard InChI is InChI=1S/C15H26N2/c1-5-9-16-12-14-7-8-15(11-13(14)3)17(4)10-6-2/h7-8,11,16H,5-6,9-10,12H2,1-4H3. The number of hydrogen-bond donors (Lipinski definition) is 1. The average Bonchev–Trinajstić information content (AvgIpc) is 2.31. The highest BCUT2D eigenvalue weighted by Crippen LogP contribution is 2.18. The number of rotatable bonds is 7. The van der Waals surface area contributed by atoms with Gasteiger partial charge in [-0.3, -0.25) is 0 Å². The molecule has 0 saturated carbocycles. The largest absolute Gasteiger partial charge is 0.375 e. The molecule has 0 radical (unpaired) electrons. The van der Waals surface area contributed by atoms with Crippen LogP contribution in [0.3, 0.4) is 0 Å². The van der Waals surface area contributed by atoms with Crippen LogP contribution in [-0.4, -0.2) is 20.1 Å². The normalized spacial score (nSPS) is 10.6. The van der Waals surface area contributed by atoms with Crippen molar-refractivity contribution in [2.45, 2.75) is 40.2 Å². The van der Waals surface area contributed by atoms with E-state index in [9.17, 15) is 0 Å². The zero-order valence-corrected chi connectivity index (χ0v) is 11.7. The molecule has 0 aliphatic carbocycles. The van der Waals surface area contributed by atoms with Gasteiger partial charge in [-0.25, -0.2) is 0 Å². The van der Waals surface area contributed by atoms with Crippen LogP contribution in [0.2, 0.25) is 0 Å². The molecule has 0 heterocycles. The molecule has 0 aliphatic heterocycles. The van der Waals surface area contributed by atoms with Crippen LogP contribution in [0, 0.1) is 6.92 Å². The molecular weight excluding hydrogens is 208 g/mol. The lowest BCUT2D eigenvalue weighted by atomic mass is 10.1. The predicted octanol–water partition coefficient (Wildman–Crippen LogP) is 3.34. The first-order valence-corrected chi connectivity index (χ1v) is 6.70. The van der Waals surface area contributed by atoms with Gasteiger partial charge in [0.15, 0.2) is 0 Å². The number of benzene rings is 1. The molecule has 0 fully saturated rings. The van der Waals surface area contributed by atoms with Gasteiger partial charge >= 0.3 is 0 Å². The van der Waals surface area contributed by atoms with Crippen molar-refractivity contribution >= 4 is 5.69 Å². The van der Waals surface area contributed by atoms with Crippen molar-refractivity contribution in [1.82, 2.24) is 5.32 Å². The molecule has 0 atom stereocenters. The summed E-state index contributed by atoms with van der Waals surface area (Å²) >= 11 is 0. The van der Waals surface area contributed by atoms with Crippen molar-refractivity contribution in [1.29, 1.82) is 0 Å². The van der Waals surface area contributed by atoms with Crippen LogP contribution < -0.4 is 10.2 Å². The molecule has 0 bridgehead atoms. The van der Waals surface area contributed by atoms with E-state index in [-0.39, 0.29) is 0 Å². The van der Waals surface area contributed by atoms with Crippen molar-refractivity contribution in [2.24, 2.45) is 0 Å². The van der Waals surface area contributed by atoms with Crippen LogP contribution >= 0.6 is 0 Å². The quantitative estimate of drug-likeness (QED) is 0.728.